The first-order valence-electron chi connectivity index (χ1n) is 9.49. The number of methoxy groups -OCH3 is 2. The van der Waals surface area contributed by atoms with E-state index in [0.29, 0.717) is 22.6 Å². The van der Waals surface area contributed by atoms with Crippen LogP contribution in [0, 0.1) is 6.92 Å². The third kappa shape index (κ3) is 5.44. The molecule has 0 bridgehead atoms. The van der Waals surface area contributed by atoms with Crippen molar-refractivity contribution in [2.45, 2.75) is 11.8 Å². The van der Waals surface area contributed by atoms with Gasteiger partial charge in [0.25, 0.3) is 5.91 Å². The van der Waals surface area contributed by atoms with Crippen molar-refractivity contribution in [3.63, 3.8) is 0 Å². The van der Waals surface area contributed by atoms with E-state index in [1.54, 1.807) is 42.5 Å². The Morgan fingerprint density at radius 3 is 2.28 bits per heavy atom. The molecule has 0 saturated heterocycles. The van der Waals surface area contributed by atoms with Gasteiger partial charge in [-0.3, -0.25) is 4.79 Å². The Balaban J connectivity index is 1.75. The summed E-state index contributed by atoms with van der Waals surface area (Å²) in [6.07, 6.45) is 1.30. The molecule has 0 radical (unpaired) electrons. The Hall–Kier alpha value is -3.85. The van der Waals surface area contributed by atoms with Crippen LogP contribution in [0.2, 0.25) is 0 Å². The highest BCUT2D eigenvalue weighted by atomic mass is 32.2. The maximum absolute atomic E-state index is 12.6. The van der Waals surface area contributed by atoms with Crippen molar-refractivity contribution < 1.29 is 26.9 Å². The van der Waals surface area contributed by atoms with Gasteiger partial charge in [0.15, 0.2) is 17.2 Å². The molecule has 3 aromatic carbocycles. The Labute approximate surface area is 186 Å². The van der Waals surface area contributed by atoms with Crippen molar-refractivity contribution in [1.82, 2.24) is 5.43 Å². The zero-order chi connectivity index (χ0) is 23.1. The maximum atomic E-state index is 12.6. The summed E-state index contributed by atoms with van der Waals surface area (Å²) >= 11 is 0. The van der Waals surface area contributed by atoms with E-state index in [9.17, 15) is 13.2 Å². The van der Waals surface area contributed by atoms with E-state index >= 15 is 0 Å². The first-order valence-corrected chi connectivity index (χ1v) is 10.9. The highest BCUT2D eigenvalue weighted by molar-refractivity contribution is 7.87. The summed E-state index contributed by atoms with van der Waals surface area (Å²) in [6, 6.07) is 17.5. The number of aryl methyl sites for hydroxylation is 1. The van der Waals surface area contributed by atoms with Gasteiger partial charge < -0.3 is 13.7 Å². The first-order chi connectivity index (χ1) is 15.3. The highest BCUT2D eigenvalue weighted by Crippen LogP contribution is 2.27. The smallest absolute Gasteiger partial charge is 0.339 e. The van der Waals surface area contributed by atoms with E-state index in [4.69, 9.17) is 13.7 Å². The van der Waals surface area contributed by atoms with Gasteiger partial charge in [-0.25, -0.2) is 5.43 Å². The van der Waals surface area contributed by atoms with Crippen molar-refractivity contribution in [2.75, 3.05) is 14.2 Å². The minimum atomic E-state index is -4.03. The lowest BCUT2D eigenvalue weighted by Crippen LogP contribution is -2.18. The van der Waals surface area contributed by atoms with Crippen LogP contribution < -0.4 is 19.1 Å². The molecular weight excluding hydrogens is 432 g/mol. The normalized spacial score (nSPS) is 11.2. The van der Waals surface area contributed by atoms with Crippen LogP contribution in [0.25, 0.3) is 0 Å². The van der Waals surface area contributed by atoms with Gasteiger partial charge in [-0.1, -0.05) is 29.8 Å². The van der Waals surface area contributed by atoms with Crippen molar-refractivity contribution in [3.05, 3.63) is 83.4 Å². The second-order valence-corrected chi connectivity index (χ2v) is 8.20. The fourth-order valence-corrected chi connectivity index (χ4v) is 3.69. The number of hydrazone groups is 1. The molecule has 32 heavy (non-hydrogen) atoms. The molecule has 0 atom stereocenters. The van der Waals surface area contributed by atoms with Crippen molar-refractivity contribution in [3.8, 4) is 17.2 Å². The van der Waals surface area contributed by atoms with Gasteiger partial charge in [-0.05, 0) is 49.4 Å². The lowest BCUT2D eigenvalue weighted by atomic mass is 10.2. The van der Waals surface area contributed by atoms with Crippen LogP contribution in [0.5, 0.6) is 17.2 Å². The van der Waals surface area contributed by atoms with Crippen molar-refractivity contribution >= 4 is 22.2 Å². The summed E-state index contributed by atoms with van der Waals surface area (Å²) < 4.78 is 40.8. The Bertz CT molecular complexity index is 1240. The quantitative estimate of drug-likeness (QED) is 0.317. The first kappa shape index (κ1) is 22.8. The van der Waals surface area contributed by atoms with Crippen molar-refractivity contribution in [2.24, 2.45) is 5.10 Å². The summed E-state index contributed by atoms with van der Waals surface area (Å²) in [7, 11) is -1.05. The van der Waals surface area contributed by atoms with Crippen LogP contribution >= 0.6 is 0 Å². The van der Waals surface area contributed by atoms with E-state index in [-0.39, 0.29) is 10.6 Å². The van der Waals surface area contributed by atoms with Crippen LogP contribution in [0.4, 0.5) is 0 Å². The van der Waals surface area contributed by atoms with E-state index in [1.165, 1.54) is 44.7 Å². The van der Waals surface area contributed by atoms with E-state index in [0.717, 1.165) is 5.56 Å². The molecular formula is C23H22N2O6S. The van der Waals surface area contributed by atoms with Crippen molar-refractivity contribution in [1.29, 1.82) is 0 Å². The van der Waals surface area contributed by atoms with Gasteiger partial charge in [-0.15, -0.1) is 0 Å². The molecule has 1 N–H and O–H groups in total. The third-order valence-corrected chi connectivity index (χ3v) is 5.69. The summed E-state index contributed by atoms with van der Waals surface area (Å²) in [5.74, 6) is 0.502. The lowest BCUT2D eigenvalue weighted by molar-refractivity contribution is 0.0954. The number of ether oxygens (including phenoxy) is 2. The topological polar surface area (TPSA) is 103 Å². The molecule has 0 unspecified atom stereocenters. The third-order valence-electron chi connectivity index (χ3n) is 4.44. The number of amides is 1. The Morgan fingerprint density at radius 1 is 0.906 bits per heavy atom. The molecule has 0 aliphatic rings. The molecule has 1 amide bonds. The summed E-state index contributed by atoms with van der Waals surface area (Å²) in [6.45, 7) is 1.86. The summed E-state index contributed by atoms with van der Waals surface area (Å²) in [4.78, 5) is 12.4. The largest absolute Gasteiger partial charge is 0.493 e. The summed E-state index contributed by atoms with van der Waals surface area (Å²) in [5, 5.41) is 3.92. The van der Waals surface area contributed by atoms with Gasteiger partial charge >= 0.3 is 10.1 Å². The zero-order valence-electron chi connectivity index (χ0n) is 17.7. The number of nitrogens with zero attached hydrogens (tertiary/aromatic N) is 1. The molecule has 166 valence electrons. The molecule has 0 aliphatic carbocycles. The average Bonchev–Trinajstić information content (AvgIpc) is 2.79. The highest BCUT2D eigenvalue weighted by Gasteiger charge is 2.18. The number of hydrogen-bond donors (Lipinski definition) is 1. The van der Waals surface area contributed by atoms with Crippen LogP contribution in [0.15, 0.2) is 76.7 Å². The molecule has 0 saturated carbocycles. The maximum Gasteiger partial charge on any atom is 0.339 e. The fraction of sp³-hybridized carbons (Fsp3) is 0.130. The van der Waals surface area contributed by atoms with Crippen LogP contribution in [-0.2, 0) is 10.1 Å². The number of para-hydroxylation sites is 1. The molecule has 3 rings (SSSR count). The predicted molar refractivity (Wildman–Crippen MR) is 120 cm³/mol. The minimum Gasteiger partial charge on any atom is -0.493 e. The second-order valence-electron chi connectivity index (χ2n) is 6.66. The Kier molecular flexibility index (Phi) is 7.11. The number of nitrogens with one attached hydrogen (secondary N) is 1. The zero-order valence-corrected chi connectivity index (χ0v) is 18.5. The summed E-state index contributed by atoms with van der Waals surface area (Å²) in [5.41, 5.74) is 4.01. The molecule has 0 aliphatic heterocycles. The molecule has 8 nitrogen and oxygen atoms in total. The SMILES string of the molecule is COc1ccc(C(=O)N/N=C/c2ccccc2OS(=O)(=O)c2ccc(C)cc2)cc1OC. The molecule has 0 spiro atoms. The van der Waals surface area contributed by atoms with E-state index in [2.05, 4.69) is 10.5 Å². The van der Waals surface area contributed by atoms with Gasteiger partial charge in [0.1, 0.15) is 4.90 Å². The van der Waals surface area contributed by atoms with Gasteiger partial charge in [0.2, 0.25) is 0 Å². The number of carbonyl (C=O) groups excluding carboxylic acids is 1. The molecule has 3 aromatic rings. The van der Waals surface area contributed by atoms with Gasteiger partial charge in [0.05, 0.1) is 20.4 Å². The number of rotatable bonds is 8. The second kappa shape index (κ2) is 9.97. The van der Waals surface area contributed by atoms with Gasteiger partial charge in [0, 0.05) is 11.1 Å². The average molecular weight is 455 g/mol. The minimum absolute atomic E-state index is 0.0385. The predicted octanol–water partition coefficient (Wildman–Crippen LogP) is 3.54. The van der Waals surface area contributed by atoms with Gasteiger partial charge in [-0.2, -0.15) is 13.5 Å². The van der Waals surface area contributed by atoms with Crippen LogP contribution in [0.1, 0.15) is 21.5 Å². The molecule has 9 heteroatoms. The number of hydrogen-bond acceptors (Lipinski definition) is 7. The van der Waals surface area contributed by atoms with Crippen LogP contribution in [0.3, 0.4) is 0 Å². The van der Waals surface area contributed by atoms with E-state index < -0.39 is 16.0 Å². The lowest BCUT2D eigenvalue weighted by Gasteiger charge is -2.10. The standard InChI is InChI=1S/C23H22N2O6S/c1-16-8-11-19(12-9-16)32(27,28)31-20-7-5-4-6-18(20)15-24-25-23(26)17-10-13-21(29-2)22(14-17)30-3/h4-15H,1-3H3,(H,25,26)/b24-15+. The fourth-order valence-electron chi connectivity index (χ4n) is 2.74. The molecule has 0 fully saturated rings. The van der Waals surface area contributed by atoms with Crippen LogP contribution in [-0.4, -0.2) is 34.8 Å². The monoisotopic (exact) mass is 454 g/mol. The Morgan fingerprint density at radius 2 is 1.59 bits per heavy atom. The van der Waals surface area contributed by atoms with E-state index in [1.807, 2.05) is 6.92 Å². The molecule has 0 heterocycles. The molecule has 0 aromatic heterocycles. The number of benzene rings is 3. The number of carbonyl (C=O) groups is 1.